The van der Waals surface area contributed by atoms with E-state index in [0.29, 0.717) is 29.5 Å². The van der Waals surface area contributed by atoms with Crippen molar-refractivity contribution in [2.75, 3.05) is 0 Å². The van der Waals surface area contributed by atoms with Crippen molar-refractivity contribution in [3.05, 3.63) is 35.9 Å². The fourth-order valence-electron chi connectivity index (χ4n) is 6.11. The van der Waals surface area contributed by atoms with Crippen molar-refractivity contribution in [3.8, 4) is 0 Å². The van der Waals surface area contributed by atoms with Gasteiger partial charge in [0.1, 0.15) is 0 Å². The Balaban J connectivity index is 1.29. The molecule has 3 nitrogen and oxygen atoms in total. The maximum Gasteiger partial charge on any atom is 0.166 e. The SMILES string of the molecule is C[C@@H]1[C@H]2C[C@@H](C[C@H]1NC(=S)N[C@H]1CCCC[C@@H]1NCc1ccccc1)C2(C)C. The fraction of sp³-hybridized carbons (Fsp3) is 0.708. The van der Waals surface area contributed by atoms with E-state index < -0.39 is 0 Å². The molecule has 0 radical (unpaired) electrons. The maximum absolute atomic E-state index is 5.76. The van der Waals surface area contributed by atoms with Gasteiger partial charge >= 0.3 is 0 Å². The number of thiocarbonyl (C=S) groups is 1. The molecule has 4 aliphatic carbocycles. The fourth-order valence-corrected chi connectivity index (χ4v) is 6.41. The van der Waals surface area contributed by atoms with Gasteiger partial charge in [0, 0.05) is 24.7 Å². The highest BCUT2D eigenvalue weighted by Gasteiger charge is 2.56. The summed E-state index contributed by atoms with van der Waals surface area (Å²) in [5.74, 6) is 2.42. The molecule has 1 aromatic carbocycles. The molecule has 3 N–H and O–H groups in total. The van der Waals surface area contributed by atoms with Gasteiger partial charge in [-0.3, -0.25) is 0 Å². The summed E-state index contributed by atoms with van der Waals surface area (Å²) in [4.78, 5) is 0. The number of nitrogens with one attached hydrogen (secondary N) is 3. The summed E-state index contributed by atoms with van der Waals surface area (Å²) in [6, 6.07) is 12.2. The van der Waals surface area contributed by atoms with E-state index in [2.05, 4.69) is 67.1 Å². The Morgan fingerprint density at radius 1 is 1.00 bits per heavy atom. The first-order chi connectivity index (χ1) is 13.4. The summed E-state index contributed by atoms with van der Waals surface area (Å²) in [6.45, 7) is 8.27. The van der Waals surface area contributed by atoms with Crippen LogP contribution in [-0.4, -0.2) is 23.2 Å². The smallest absolute Gasteiger partial charge is 0.166 e. The minimum Gasteiger partial charge on any atom is -0.360 e. The third-order valence-corrected chi connectivity index (χ3v) is 8.40. The zero-order valence-corrected chi connectivity index (χ0v) is 18.5. The average molecular weight is 400 g/mol. The van der Waals surface area contributed by atoms with E-state index in [1.165, 1.54) is 44.1 Å². The highest BCUT2D eigenvalue weighted by molar-refractivity contribution is 7.80. The third-order valence-electron chi connectivity index (χ3n) is 8.16. The molecule has 1 aromatic rings. The summed E-state index contributed by atoms with van der Waals surface area (Å²) in [6.07, 6.45) is 7.72. The van der Waals surface area contributed by atoms with E-state index in [1.807, 2.05) is 0 Å². The normalized spacial score (nSPS) is 36.2. The Morgan fingerprint density at radius 3 is 2.36 bits per heavy atom. The second-order valence-electron chi connectivity index (χ2n) is 10.0. The van der Waals surface area contributed by atoms with E-state index in [1.54, 1.807) is 0 Å². The molecule has 0 spiro atoms. The van der Waals surface area contributed by atoms with Gasteiger partial charge in [-0.2, -0.15) is 0 Å². The number of rotatable bonds is 5. The van der Waals surface area contributed by atoms with Crippen LogP contribution < -0.4 is 16.0 Å². The molecular formula is C24H37N3S. The minimum atomic E-state index is 0.433. The van der Waals surface area contributed by atoms with Gasteiger partial charge in [-0.15, -0.1) is 0 Å². The lowest BCUT2D eigenvalue weighted by atomic mass is 9.45. The largest absolute Gasteiger partial charge is 0.360 e. The predicted octanol–water partition coefficient (Wildman–Crippen LogP) is 4.62. The van der Waals surface area contributed by atoms with E-state index in [-0.39, 0.29) is 0 Å². The topological polar surface area (TPSA) is 36.1 Å². The van der Waals surface area contributed by atoms with Gasteiger partial charge < -0.3 is 16.0 Å². The van der Waals surface area contributed by atoms with Gasteiger partial charge in [0.2, 0.25) is 0 Å². The van der Waals surface area contributed by atoms with Crippen molar-refractivity contribution in [2.24, 2.45) is 23.2 Å². The van der Waals surface area contributed by atoms with Gasteiger partial charge in [0.05, 0.1) is 0 Å². The van der Waals surface area contributed by atoms with Gasteiger partial charge in [-0.25, -0.2) is 0 Å². The van der Waals surface area contributed by atoms with Crippen LogP contribution in [0.25, 0.3) is 0 Å². The molecule has 4 fully saturated rings. The lowest BCUT2D eigenvalue weighted by molar-refractivity contribution is -0.112. The summed E-state index contributed by atoms with van der Waals surface area (Å²) >= 11 is 5.76. The van der Waals surface area contributed by atoms with E-state index in [9.17, 15) is 0 Å². The summed E-state index contributed by atoms with van der Waals surface area (Å²) in [7, 11) is 0. The first-order valence-electron chi connectivity index (χ1n) is 11.3. The van der Waals surface area contributed by atoms with Gasteiger partial charge in [-0.05, 0) is 66.6 Å². The number of hydrogen-bond acceptors (Lipinski definition) is 2. The lowest BCUT2D eigenvalue weighted by Gasteiger charge is -2.62. The van der Waals surface area contributed by atoms with Crippen LogP contribution in [0, 0.1) is 23.2 Å². The Hall–Kier alpha value is -1.13. The molecule has 0 aliphatic heterocycles. The van der Waals surface area contributed by atoms with Crippen molar-refractivity contribution >= 4 is 17.3 Å². The highest BCUT2D eigenvalue weighted by Crippen LogP contribution is 2.61. The van der Waals surface area contributed by atoms with E-state index >= 15 is 0 Å². The first-order valence-corrected chi connectivity index (χ1v) is 11.7. The zero-order chi connectivity index (χ0) is 19.7. The standard InChI is InChI=1S/C24H37N3S/c1-16-19-13-18(24(19,2)3)14-22(16)27-23(28)26-21-12-8-7-11-20(21)25-15-17-9-5-4-6-10-17/h4-6,9-10,16,18-22,25H,7-8,11-15H2,1-3H3,(H2,26,27,28)/t16-,18+,19-,20+,21+,22-/m1/s1. The van der Waals surface area contributed by atoms with Crippen LogP contribution in [0.3, 0.4) is 0 Å². The van der Waals surface area contributed by atoms with Crippen LogP contribution in [0.5, 0.6) is 0 Å². The van der Waals surface area contributed by atoms with Crippen LogP contribution in [0.2, 0.25) is 0 Å². The van der Waals surface area contributed by atoms with Crippen LogP contribution >= 0.6 is 12.2 Å². The maximum atomic E-state index is 5.76. The molecule has 0 unspecified atom stereocenters. The van der Waals surface area contributed by atoms with Crippen molar-refractivity contribution in [1.82, 2.24) is 16.0 Å². The molecule has 4 heteroatoms. The van der Waals surface area contributed by atoms with Crippen molar-refractivity contribution in [2.45, 2.75) is 84.0 Å². The van der Waals surface area contributed by atoms with Crippen molar-refractivity contribution < 1.29 is 0 Å². The molecule has 0 saturated heterocycles. The Morgan fingerprint density at radius 2 is 1.68 bits per heavy atom. The molecule has 5 rings (SSSR count). The molecule has 0 heterocycles. The number of benzene rings is 1. The number of fused-ring (bicyclic) bond motifs is 2. The molecule has 28 heavy (non-hydrogen) atoms. The summed E-state index contributed by atoms with van der Waals surface area (Å²) in [5, 5.41) is 12.0. The quantitative estimate of drug-likeness (QED) is 0.631. The lowest BCUT2D eigenvalue weighted by Crippen LogP contribution is -2.62. The number of hydrogen-bond donors (Lipinski definition) is 3. The second kappa shape index (κ2) is 8.31. The van der Waals surface area contributed by atoms with Crippen molar-refractivity contribution in [3.63, 3.8) is 0 Å². The zero-order valence-electron chi connectivity index (χ0n) is 17.7. The average Bonchev–Trinajstić information content (AvgIpc) is 2.69. The monoisotopic (exact) mass is 399 g/mol. The second-order valence-corrected chi connectivity index (χ2v) is 10.5. The van der Waals surface area contributed by atoms with E-state index in [0.717, 1.165) is 23.5 Å². The summed E-state index contributed by atoms with van der Waals surface area (Å²) < 4.78 is 0. The molecule has 2 bridgehead atoms. The predicted molar refractivity (Wildman–Crippen MR) is 121 cm³/mol. The third kappa shape index (κ3) is 4.09. The van der Waals surface area contributed by atoms with Crippen LogP contribution in [0.1, 0.15) is 64.9 Å². The molecule has 6 atom stereocenters. The molecule has 4 saturated carbocycles. The highest BCUT2D eigenvalue weighted by atomic mass is 32.1. The Kier molecular flexibility index (Phi) is 5.98. The van der Waals surface area contributed by atoms with Crippen LogP contribution in [0.15, 0.2) is 30.3 Å². The van der Waals surface area contributed by atoms with Crippen LogP contribution in [-0.2, 0) is 6.54 Å². The molecular weight excluding hydrogens is 362 g/mol. The van der Waals surface area contributed by atoms with Gasteiger partial charge in [0.15, 0.2) is 5.11 Å². The van der Waals surface area contributed by atoms with Crippen LogP contribution in [0.4, 0.5) is 0 Å². The Labute approximate surface area is 176 Å². The molecule has 154 valence electrons. The van der Waals surface area contributed by atoms with Crippen molar-refractivity contribution in [1.29, 1.82) is 0 Å². The molecule has 0 aromatic heterocycles. The Bertz CT molecular complexity index is 674. The molecule has 0 amide bonds. The first kappa shape index (κ1) is 20.2. The summed E-state index contributed by atoms with van der Waals surface area (Å²) in [5.41, 5.74) is 1.88. The van der Waals surface area contributed by atoms with Gasteiger partial charge in [-0.1, -0.05) is 63.9 Å². The minimum absolute atomic E-state index is 0.433. The van der Waals surface area contributed by atoms with E-state index in [4.69, 9.17) is 12.2 Å². The molecule has 4 aliphatic rings. The van der Waals surface area contributed by atoms with Gasteiger partial charge in [0.25, 0.3) is 0 Å².